The molecule has 0 aromatic heterocycles. The summed E-state index contributed by atoms with van der Waals surface area (Å²) >= 11 is 0. The second-order valence-electron chi connectivity index (χ2n) is 5.04. The third-order valence-corrected chi connectivity index (χ3v) is 3.73. The number of rotatable bonds is 3. The number of carbonyl (C=O) groups excluding carboxylic acids is 1. The monoisotopic (exact) mass is 211 g/mol. The number of amides is 1. The van der Waals surface area contributed by atoms with Gasteiger partial charge in [0.05, 0.1) is 6.10 Å². The van der Waals surface area contributed by atoms with Gasteiger partial charge in [-0.3, -0.25) is 4.79 Å². The maximum atomic E-state index is 12.1. The lowest BCUT2D eigenvalue weighted by Crippen LogP contribution is -2.42. The summed E-state index contributed by atoms with van der Waals surface area (Å²) < 4.78 is 0. The van der Waals surface area contributed by atoms with Gasteiger partial charge in [-0.25, -0.2) is 0 Å². The first-order valence-electron chi connectivity index (χ1n) is 6.17. The van der Waals surface area contributed by atoms with Crippen molar-refractivity contribution in [1.29, 1.82) is 0 Å². The van der Waals surface area contributed by atoms with Gasteiger partial charge < -0.3 is 10.0 Å². The molecule has 0 bridgehead atoms. The van der Waals surface area contributed by atoms with Gasteiger partial charge in [-0.05, 0) is 39.0 Å². The first-order chi connectivity index (χ1) is 7.18. The van der Waals surface area contributed by atoms with Crippen LogP contribution in [0.1, 0.15) is 45.4 Å². The normalized spacial score (nSPS) is 28.9. The maximum Gasteiger partial charge on any atom is 0.225 e. The summed E-state index contributed by atoms with van der Waals surface area (Å²) in [5.74, 6) is 0.656. The van der Waals surface area contributed by atoms with Crippen LogP contribution in [0, 0.1) is 5.92 Å². The molecular weight excluding hydrogens is 190 g/mol. The fourth-order valence-electron chi connectivity index (χ4n) is 2.65. The summed E-state index contributed by atoms with van der Waals surface area (Å²) in [5, 5.41) is 9.38. The Balaban J connectivity index is 1.91. The van der Waals surface area contributed by atoms with Crippen molar-refractivity contribution in [1.82, 2.24) is 4.90 Å². The van der Waals surface area contributed by atoms with E-state index >= 15 is 0 Å². The molecule has 86 valence electrons. The van der Waals surface area contributed by atoms with E-state index in [1.165, 1.54) is 6.42 Å². The molecule has 2 unspecified atom stereocenters. The third kappa shape index (κ3) is 2.33. The highest BCUT2D eigenvalue weighted by Gasteiger charge is 2.35. The van der Waals surface area contributed by atoms with Crippen LogP contribution in [-0.2, 0) is 4.79 Å². The van der Waals surface area contributed by atoms with Gasteiger partial charge in [0.15, 0.2) is 0 Å². The zero-order valence-electron chi connectivity index (χ0n) is 9.48. The Kier molecular flexibility index (Phi) is 3.29. The van der Waals surface area contributed by atoms with Gasteiger partial charge in [0.25, 0.3) is 0 Å². The van der Waals surface area contributed by atoms with E-state index in [1.54, 1.807) is 0 Å². The van der Waals surface area contributed by atoms with Crippen molar-refractivity contribution >= 4 is 5.91 Å². The highest BCUT2D eigenvalue weighted by Crippen LogP contribution is 2.32. The van der Waals surface area contributed by atoms with E-state index in [2.05, 4.69) is 0 Å². The van der Waals surface area contributed by atoms with Crippen LogP contribution in [0.25, 0.3) is 0 Å². The van der Waals surface area contributed by atoms with Gasteiger partial charge >= 0.3 is 0 Å². The number of aliphatic hydroxyl groups excluding tert-OH is 1. The van der Waals surface area contributed by atoms with Crippen LogP contribution in [0.3, 0.4) is 0 Å². The van der Waals surface area contributed by atoms with Crippen molar-refractivity contribution in [3.8, 4) is 0 Å². The lowest BCUT2D eigenvalue weighted by atomic mass is 9.84. The maximum absolute atomic E-state index is 12.1. The molecule has 0 aromatic carbocycles. The number of nitrogens with zero attached hydrogens (tertiary/aromatic N) is 1. The van der Waals surface area contributed by atoms with E-state index in [1.807, 2.05) is 11.8 Å². The Morgan fingerprint density at radius 1 is 1.40 bits per heavy atom. The van der Waals surface area contributed by atoms with Gasteiger partial charge in [-0.15, -0.1) is 0 Å². The van der Waals surface area contributed by atoms with Crippen molar-refractivity contribution in [2.75, 3.05) is 6.54 Å². The average Bonchev–Trinajstić information content (AvgIpc) is 2.47. The molecule has 0 spiro atoms. The Morgan fingerprint density at radius 3 is 2.67 bits per heavy atom. The number of likely N-dealkylation sites (tertiary alicyclic amines) is 1. The SMILES string of the molecule is CC(O)CC1CCCN1C(=O)C1CCC1. The molecule has 1 saturated heterocycles. The number of aliphatic hydroxyl groups is 1. The average molecular weight is 211 g/mol. The van der Waals surface area contributed by atoms with E-state index in [-0.39, 0.29) is 6.10 Å². The predicted octanol–water partition coefficient (Wildman–Crippen LogP) is 1.55. The Bertz CT molecular complexity index is 236. The van der Waals surface area contributed by atoms with Gasteiger partial charge in [0, 0.05) is 18.5 Å². The molecule has 0 radical (unpaired) electrons. The molecule has 1 heterocycles. The van der Waals surface area contributed by atoms with E-state index in [0.29, 0.717) is 17.9 Å². The summed E-state index contributed by atoms with van der Waals surface area (Å²) in [5.41, 5.74) is 0. The van der Waals surface area contributed by atoms with Crippen LogP contribution in [0.4, 0.5) is 0 Å². The third-order valence-electron chi connectivity index (χ3n) is 3.73. The molecule has 1 N–H and O–H groups in total. The highest BCUT2D eigenvalue weighted by molar-refractivity contribution is 5.80. The molecular formula is C12H21NO2. The molecule has 2 rings (SSSR count). The molecule has 1 aliphatic heterocycles. The minimum Gasteiger partial charge on any atom is -0.393 e. The van der Waals surface area contributed by atoms with E-state index in [9.17, 15) is 9.90 Å². The molecule has 15 heavy (non-hydrogen) atoms. The molecule has 2 atom stereocenters. The second kappa shape index (κ2) is 4.52. The first kappa shape index (κ1) is 10.9. The molecule has 2 fully saturated rings. The molecule has 1 aliphatic carbocycles. The van der Waals surface area contributed by atoms with Crippen LogP contribution in [0.2, 0.25) is 0 Å². The fourth-order valence-corrected chi connectivity index (χ4v) is 2.65. The van der Waals surface area contributed by atoms with E-state index in [0.717, 1.165) is 38.6 Å². The van der Waals surface area contributed by atoms with Crippen molar-refractivity contribution in [3.63, 3.8) is 0 Å². The lowest BCUT2D eigenvalue weighted by Gasteiger charge is -2.33. The minimum absolute atomic E-state index is 0.287. The predicted molar refractivity (Wildman–Crippen MR) is 58.4 cm³/mol. The van der Waals surface area contributed by atoms with E-state index < -0.39 is 0 Å². The van der Waals surface area contributed by atoms with Gasteiger partial charge in [-0.1, -0.05) is 6.42 Å². The minimum atomic E-state index is -0.287. The standard InChI is InChI=1S/C12H21NO2/c1-9(14)8-11-6-3-7-13(11)12(15)10-4-2-5-10/h9-11,14H,2-8H2,1H3. The highest BCUT2D eigenvalue weighted by atomic mass is 16.3. The Hall–Kier alpha value is -0.570. The number of hydrogen-bond acceptors (Lipinski definition) is 2. The first-order valence-corrected chi connectivity index (χ1v) is 6.17. The Labute approximate surface area is 91.5 Å². The Morgan fingerprint density at radius 2 is 2.13 bits per heavy atom. The summed E-state index contributed by atoms with van der Waals surface area (Å²) in [6.07, 6.45) is 6.01. The van der Waals surface area contributed by atoms with Gasteiger partial charge in [0.2, 0.25) is 5.91 Å². The molecule has 0 aromatic rings. The largest absolute Gasteiger partial charge is 0.393 e. The summed E-state index contributed by atoms with van der Waals surface area (Å²) in [4.78, 5) is 14.1. The summed E-state index contributed by atoms with van der Waals surface area (Å²) in [6, 6.07) is 0.304. The zero-order valence-corrected chi connectivity index (χ0v) is 9.48. The topological polar surface area (TPSA) is 40.5 Å². The molecule has 2 aliphatic rings. The smallest absolute Gasteiger partial charge is 0.225 e. The van der Waals surface area contributed by atoms with E-state index in [4.69, 9.17) is 0 Å². The molecule has 1 saturated carbocycles. The number of carbonyl (C=O) groups is 1. The van der Waals surface area contributed by atoms with Crippen molar-refractivity contribution in [3.05, 3.63) is 0 Å². The van der Waals surface area contributed by atoms with Gasteiger partial charge in [-0.2, -0.15) is 0 Å². The van der Waals surface area contributed by atoms with Crippen LogP contribution in [-0.4, -0.2) is 34.6 Å². The summed E-state index contributed by atoms with van der Waals surface area (Å²) in [7, 11) is 0. The van der Waals surface area contributed by atoms with Gasteiger partial charge in [0.1, 0.15) is 0 Å². The zero-order chi connectivity index (χ0) is 10.8. The van der Waals surface area contributed by atoms with Crippen molar-refractivity contribution in [2.24, 2.45) is 5.92 Å². The quantitative estimate of drug-likeness (QED) is 0.769. The van der Waals surface area contributed by atoms with Crippen LogP contribution in [0.5, 0.6) is 0 Å². The van der Waals surface area contributed by atoms with Crippen LogP contribution >= 0.6 is 0 Å². The summed E-state index contributed by atoms with van der Waals surface area (Å²) in [6.45, 7) is 2.72. The molecule has 1 amide bonds. The van der Waals surface area contributed by atoms with Crippen LogP contribution < -0.4 is 0 Å². The fraction of sp³-hybridized carbons (Fsp3) is 0.917. The molecule has 3 nitrogen and oxygen atoms in total. The number of hydrogen-bond donors (Lipinski definition) is 1. The van der Waals surface area contributed by atoms with Crippen molar-refractivity contribution in [2.45, 2.75) is 57.6 Å². The molecule has 3 heteroatoms. The van der Waals surface area contributed by atoms with Crippen LogP contribution in [0.15, 0.2) is 0 Å². The van der Waals surface area contributed by atoms with Crippen molar-refractivity contribution < 1.29 is 9.90 Å². The lowest BCUT2D eigenvalue weighted by molar-refractivity contribution is -0.139. The second-order valence-corrected chi connectivity index (χ2v) is 5.04.